The Balaban J connectivity index is 1.81. The molecule has 2 aliphatic rings. The molecule has 0 atom stereocenters. The Morgan fingerprint density at radius 1 is 1.16 bits per heavy atom. The highest BCUT2D eigenvalue weighted by molar-refractivity contribution is 5.45. The molecule has 0 unspecified atom stereocenters. The van der Waals surface area contributed by atoms with Gasteiger partial charge in [0.25, 0.3) is 0 Å². The molecule has 1 N–H and O–H groups in total. The van der Waals surface area contributed by atoms with Gasteiger partial charge in [-0.15, -0.1) is 0 Å². The van der Waals surface area contributed by atoms with Gasteiger partial charge in [0.1, 0.15) is 0 Å². The third-order valence-electron chi connectivity index (χ3n) is 4.43. The van der Waals surface area contributed by atoms with Crippen molar-refractivity contribution in [1.29, 1.82) is 0 Å². The topological polar surface area (TPSA) is 38.7 Å². The van der Waals surface area contributed by atoms with Gasteiger partial charge < -0.3 is 14.6 Å². The highest BCUT2D eigenvalue weighted by atomic mass is 16.5. The summed E-state index contributed by atoms with van der Waals surface area (Å²) in [6.45, 7) is 5.83. The molecule has 0 spiro atoms. The van der Waals surface area contributed by atoms with Crippen molar-refractivity contribution < 1.29 is 14.6 Å². The molecule has 1 aliphatic carbocycles. The summed E-state index contributed by atoms with van der Waals surface area (Å²) in [5.41, 5.74) is 0.299. The maximum Gasteiger partial charge on any atom is 0.161 e. The quantitative estimate of drug-likeness (QED) is 0.890. The minimum Gasteiger partial charge on any atom is -0.490 e. The van der Waals surface area contributed by atoms with Gasteiger partial charge in [0.05, 0.1) is 18.8 Å². The summed E-state index contributed by atoms with van der Waals surface area (Å²) >= 11 is 0. The van der Waals surface area contributed by atoms with Crippen molar-refractivity contribution >= 4 is 0 Å². The summed E-state index contributed by atoms with van der Waals surface area (Å²) in [7, 11) is 0. The summed E-state index contributed by atoms with van der Waals surface area (Å²) in [5.74, 6) is 2.84. The van der Waals surface area contributed by atoms with Crippen molar-refractivity contribution in [3.8, 4) is 11.5 Å². The Morgan fingerprint density at radius 2 is 1.84 bits per heavy atom. The van der Waals surface area contributed by atoms with Crippen LogP contribution in [0.5, 0.6) is 11.5 Å². The third kappa shape index (κ3) is 2.32. The molecule has 0 saturated heterocycles. The molecule has 3 nitrogen and oxygen atoms in total. The van der Waals surface area contributed by atoms with E-state index in [-0.39, 0.29) is 0 Å². The normalized spacial score (nSPS) is 29.8. The highest BCUT2D eigenvalue weighted by Crippen LogP contribution is 2.50. The molecule has 1 fully saturated rings. The van der Waals surface area contributed by atoms with Crippen molar-refractivity contribution in [2.75, 3.05) is 13.2 Å². The molecule has 3 heteroatoms. The number of aliphatic hydroxyl groups is 1. The number of hydrogen-bond acceptors (Lipinski definition) is 3. The second kappa shape index (κ2) is 4.71. The second-order valence-corrected chi connectivity index (χ2v) is 6.16. The maximum atomic E-state index is 10.7. The van der Waals surface area contributed by atoms with Gasteiger partial charge in [-0.2, -0.15) is 0 Å². The largest absolute Gasteiger partial charge is 0.490 e. The standard InChI is InChI=1S/C16H22O3/c1-11(2)12-9-16(17,10-12)13-4-5-14-15(8-13)19-7-3-6-18-14/h4-5,8,11-12,17H,3,6-7,9-10H2,1-2H3. The van der Waals surface area contributed by atoms with Crippen molar-refractivity contribution in [2.24, 2.45) is 11.8 Å². The average Bonchev–Trinajstić information content (AvgIpc) is 2.58. The molecule has 0 aromatic heterocycles. The zero-order valence-electron chi connectivity index (χ0n) is 11.7. The van der Waals surface area contributed by atoms with Crippen molar-refractivity contribution in [1.82, 2.24) is 0 Å². The smallest absolute Gasteiger partial charge is 0.161 e. The molecular weight excluding hydrogens is 240 g/mol. The minimum atomic E-state index is -0.667. The molecule has 0 bridgehead atoms. The Bertz CT molecular complexity index is 461. The molecule has 0 amide bonds. The number of benzene rings is 1. The van der Waals surface area contributed by atoms with Crippen LogP contribution in [0, 0.1) is 11.8 Å². The third-order valence-corrected chi connectivity index (χ3v) is 4.43. The van der Waals surface area contributed by atoms with Gasteiger partial charge in [0.2, 0.25) is 0 Å². The first kappa shape index (κ1) is 12.8. The fourth-order valence-electron chi connectivity index (χ4n) is 2.97. The first-order valence-corrected chi connectivity index (χ1v) is 7.21. The van der Waals surface area contributed by atoms with E-state index >= 15 is 0 Å². The summed E-state index contributed by atoms with van der Waals surface area (Å²) in [6.07, 6.45) is 2.61. The van der Waals surface area contributed by atoms with Gasteiger partial charge in [0.15, 0.2) is 11.5 Å². The highest BCUT2D eigenvalue weighted by Gasteiger charge is 2.45. The van der Waals surface area contributed by atoms with E-state index in [0.717, 1.165) is 36.3 Å². The van der Waals surface area contributed by atoms with Crippen molar-refractivity contribution in [2.45, 2.75) is 38.7 Å². The van der Waals surface area contributed by atoms with Gasteiger partial charge in [-0.1, -0.05) is 19.9 Å². The van der Waals surface area contributed by atoms with E-state index in [9.17, 15) is 5.11 Å². The van der Waals surface area contributed by atoms with E-state index in [1.54, 1.807) is 0 Å². The monoisotopic (exact) mass is 262 g/mol. The van der Waals surface area contributed by atoms with Crippen LogP contribution >= 0.6 is 0 Å². The van der Waals surface area contributed by atoms with E-state index in [0.29, 0.717) is 25.0 Å². The fraction of sp³-hybridized carbons (Fsp3) is 0.625. The SMILES string of the molecule is CC(C)C1CC(O)(c2ccc3c(c2)OCCCO3)C1. The van der Waals surface area contributed by atoms with Crippen LogP contribution in [0.2, 0.25) is 0 Å². The number of fused-ring (bicyclic) bond motifs is 1. The first-order chi connectivity index (χ1) is 9.08. The Morgan fingerprint density at radius 3 is 2.53 bits per heavy atom. The molecule has 1 aromatic carbocycles. The van der Waals surface area contributed by atoms with Gasteiger partial charge in [0, 0.05) is 6.42 Å². The summed E-state index contributed by atoms with van der Waals surface area (Å²) in [6, 6.07) is 5.86. The van der Waals surface area contributed by atoms with Crippen LogP contribution in [0.15, 0.2) is 18.2 Å². The molecular formula is C16H22O3. The Labute approximate surface area is 114 Å². The van der Waals surface area contributed by atoms with Gasteiger partial charge in [-0.25, -0.2) is 0 Å². The fourth-order valence-corrected chi connectivity index (χ4v) is 2.97. The van der Waals surface area contributed by atoms with Crippen LogP contribution in [-0.2, 0) is 5.60 Å². The molecule has 104 valence electrons. The van der Waals surface area contributed by atoms with E-state index in [4.69, 9.17) is 9.47 Å². The maximum absolute atomic E-state index is 10.7. The lowest BCUT2D eigenvalue weighted by Crippen LogP contribution is -2.43. The van der Waals surface area contributed by atoms with Gasteiger partial charge >= 0.3 is 0 Å². The van der Waals surface area contributed by atoms with Crippen LogP contribution in [0.1, 0.15) is 38.7 Å². The molecule has 3 rings (SSSR count). The molecule has 1 aliphatic heterocycles. The zero-order chi connectivity index (χ0) is 13.5. The number of rotatable bonds is 2. The van der Waals surface area contributed by atoms with E-state index in [1.165, 1.54) is 0 Å². The summed E-state index contributed by atoms with van der Waals surface area (Å²) in [4.78, 5) is 0. The van der Waals surface area contributed by atoms with Crippen LogP contribution in [0.3, 0.4) is 0 Å². The van der Waals surface area contributed by atoms with E-state index in [2.05, 4.69) is 13.8 Å². The lowest BCUT2D eigenvalue weighted by atomic mass is 9.63. The molecule has 1 heterocycles. The number of ether oxygens (including phenoxy) is 2. The van der Waals surface area contributed by atoms with Crippen LogP contribution in [0.4, 0.5) is 0 Å². The lowest BCUT2D eigenvalue weighted by Gasteiger charge is -2.46. The predicted octanol–water partition coefficient (Wildman–Crippen LogP) is 3.10. The molecule has 1 saturated carbocycles. The summed E-state index contributed by atoms with van der Waals surface area (Å²) in [5, 5.41) is 10.7. The van der Waals surface area contributed by atoms with Crippen molar-refractivity contribution in [3.05, 3.63) is 23.8 Å². The Kier molecular flexibility index (Phi) is 3.17. The minimum absolute atomic E-state index is 0.626. The van der Waals surface area contributed by atoms with Crippen LogP contribution in [-0.4, -0.2) is 18.3 Å². The first-order valence-electron chi connectivity index (χ1n) is 7.21. The lowest BCUT2D eigenvalue weighted by molar-refractivity contribution is -0.0934. The van der Waals surface area contributed by atoms with Gasteiger partial charge in [-0.05, 0) is 42.4 Å². The molecule has 1 aromatic rings. The second-order valence-electron chi connectivity index (χ2n) is 6.16. The average molecular weight is 262 g/mol. The molecule has 0 radical (unpaired) electrons. The number of hydrogen-bond donors (Lipinski definition) is 1. The van der Waals surface area contributed by atoms with Crippen LogP contribution < -0.4 is 9.47 Å². The molecule has 19 heavy (non-hydrogen) atoms. The van der Waals surface area contributed by atoms with Crippen molar-refractivity contribution in [3.63, 3.8) is 0 Å². The van der Waals surface area contributed by atoms with Crippen LogP contribution in [0.25, 0.3) is 0 Å². The van der Waals surface area contributed by atoms with Gasteiger partial charge in [-0.3, -0.25) is 0 Å². The van der Waals surface area contributed by atoms with E-state index < -0.39 is 5.60 Å². The Hall–Kier alpha value is -1.22. The summed E-state index contributed by atoms with van der Waals surface area (Å²) < 4.78 is 11.3. The zero-order valence-corrected chi connectivity index (χ0v) is 11.7. The van der Waals surface area contributed by atoms with E-state index in [1.807, 2.05) is 18.2 Å². The predicted molar refractivity (Wildman–Crippen MR) is 73.5 cm³/mol.